The van der Waals surface area contributed by atoms with Gasteiger partial charge in [-0.2, -0.15) is 0 Å². The second-order valence-corrected chi connectivity index (χ2v) is 8.02. The first-order valence-electron chi connectivity index (χ1n) is 8.03. The van der Waals surface area contributed by atoms with Crippen molar-refractivity contribution in [1.29, 1.82) is 0 Å². The molecule has 0 aliphatic rings. The van der Waals surface area contributed by atoms with E-state index < -0.39 is 22.0 Å². The molecule has 0 saturated carbocycles. The monoisotopic (exact) mass is 412 g/mol. The smallest absolute Gasteiger partial charge is 0.275 e. The lowest BCUT2D eigenvalue weighted by molar-refractivity contribution is -0.127. The number of hydrogen-bond acceptors (Lipinski definition) is 5. The fourth-order valence-corrected chi connectivity index (χ4v) is 3.52. The van der Waals surface area contributed by atoms with Crippen LogP contribution in [0.15, 0.2) is 41.3 Å². The van der Waals surface area contributed by atoms with Crippen LogP contribution in [0.1, 0.15) is 18.1 Å². The third-order valence-electron chi connectivity index (χ3n) is 3.77. The number of methoxy groups -OCH3 is 1. The Labute approximate surface area is 163 Å². The van der Waals surface area contributed by atoms with Crippen LogP contribution >= 0.6 is 11.6 Å². The predicted octanol–water partition coefficient (Wildman–Crippen LogP) is 2.74. The van der Waals surface area contributed by atoms with Crippen molar-refractivity contribution < 1.29 is 22.7 Å². The summed E-state index contributed by atoms with van der Waals surface area (Å²) < 4.78 is 35.1. The molecule has 9 heteroatoms. The van der Waals surface area contributed by atoms with E-state index in [-0.39, 0.29) is 4.90 Å². The van der Waals surface area contributed by atoms with Crippen LogP contribution in [0.25, 0.3) is 0 Å². The van der Waals surface area contributed by atoms with Gasteiger partial charge in [-0.1, -0.05) is 11.6 Å². The Bertz CT molecular complexity index is 906. The second kappa shape index (κ2) is 8.60. The molecule has 0 aromatic heterocycles. The molecule has 2 aromatic carbocycles. The third-order valence-corrected chi connectivity index (χ3v) is 5.25. The van der Waals surface area contributed by atoms with Crippen LogP contribution in [0.2, 0.25) is 5.02 Å². The normalized spacial score (nSPS) is 12.3. The van der Waals surface area contributed by atoms with E-state index in [2.05, 4.69) is 5.43 Å². The maximum Gasteiger partial charge on any atom is 0.275 e. The van der Waals surface area contributed by atoms with Crippen LogP contribution < -0.4 is 19.7 Å². The van der Waals surface area contributed by atoms with Gasteiger partial charge < -0.3 is 9.47 Å². The van der Waals surface area contributed by atoms with Crippen LogP contribution in [0.4, 0.5) is 0 Å². The van der Waals surface area contributed by atoms with Crippen molar-refractivity contribution >= 4 is 27.5 Å². The number of aryl methyl sites for hydroxylation is 2. The highest BCUT2D eigenvalue weighted by atomic mass is 35.5. The Balaban J connectivity index is 2.02. The SMILES string of the molecule is COc1ccc(S(=O)(=O)NNC(=O)[C@H](C)Oc2c(C)cc(Cl)cc2C)cc1. The van der Waals surface area contributed by atoms with Crippen LogP contribution in [-0.4, -0.2) is 27.5 Å². The van der Waals surface area contributed by atoms with E-state index in [1.807, 2.05) is 18.7 Å². The maximum atomic E-state index is 12.2. The van der Waals surface area contributed by atoms with Gasteiger partial charge in [0.25, 0.3) is 15.9 Å². The zero-order valence-electron chi connectivity index (χ0n) is 15.4. The standard InChI is InChI=1S/C18H21ClN2O5S/c1-11-9-14(19)10-12(2)17(11)26-13(3)18(22)20-21-27(23,24)16-7-5-15(25-4)6-8-16/h5-10,13,21H,1-4H3,(H,20,22)/t13-/m0/s1. The fourth-order valence-electron chi connectivity index (χ4n) is 2.35. The van der Waals surface area contributed by atoms with Crippen molar-refractivity contribution in [3.63, 3.8) is 0 Å². The molecule has 0 unspecified atom stereocenters. The molecule has 1 atom stereocenters. The number of rotatable bonds is 7. The van der Waals surface area contributed by atoms with Crippen LogP contribution in [0.5, 0.6) is 11.5 Å². The number of benzene rings is 2. The first-order chi connectivity index (χ1) is 12.6. The molecule has 1 amide bonds. The summed E-state index contributed by atoms with van der Waals surface area (Å²) in [7, 11) is -2.44. The van der Waals surface area contributed by atoms with Crippen molar-refractivity contribution in [1.82, 2.24) is 10.3 Å². The molecule has 2 N–H and O–H groups in total. The van der Waals surface area contributed by atoms with Crippen LogP contribution in [-0.2, 0) is 14.8 Å². The zero-order chi connectivity index (χ0) is 20.2. The number of ether oxygens (including phenoxy) is 2. The van der Waals surface area contributed by atoms with E-state index in [0.717, 1.165) is 11.1 Å². The molecule has 146 valence electrons. The number of hydrogen-bond donors (Lipinski definition) is 2. The summed E-state index contributed by atoms with van der Waals surface area (Å²) in [5, 5.41) is 0.571. The first-order valence-corrected chi connectivity index (χ1v) is 9.89. The number of halogens is 1. The number of carbonyl (C=O) groups is 1. The zero-order valence-corrected chi connectivity index (χ0v) is 16.9. The van der Waals surface area contributed by atoms with E-state index in [4.69, 9.17) is 21.1 Å². The molecule has 0 aliphatic carbocycles. The van der Waals surface area contributed by atoms with Gasteiger partial charge in [0.15, 0.2) is 6.10 Å². The molecule has 7 nitrogen and oxygen atoms in total. The van der Waals surface area contributed by atoms with Gasteiger partial charge in [-0.15, -0.1) is 4.83 Å². The molecule has 0 radical (unpaired) electrons. The molecule has 0 heterocycles. The van der Waals surface area contributed by atoms with Gasteiger partial charge >= 0.3 is 0 Å². The summed E-state index contributed by atoms with van der Waals surface area (Å²) >= 11 is 5.98. The molecule has 0 fully saturated rings. The average molecular weight is 413 g/mol. The van der Waals surface area contributed by atoms with E-state index in [9.17, 15) is 13.2 Å². The van der Waals surface area contributed by atoms with Gasteiger partial charge in [0.05, 0.1) is 12.0 Å². The average Bonchev–Trinajstić information content (AvgIpc) is 2.62. The van der Waals surface area contributed by atoms with Crippen molar-refractivity contribution in [2.45, 2.75) is 31.8 Å². The largest absolute Gasteiger partial charge is 0.497 e. The van der Waals surface area contributed by atoms with Crippen molar-refractivity contribution in [2.75, 3.05) is 7.11 Å². The number of hydrazine groups is 1. The number of sulfonamides is 1. The molecule has 27 heavy (non-hydrogen) atoms. The summed E-state index contributed by atoms with van der Waals surface area (Å²) in [5.74, 6) is 0.412. The van der Waals surface area contributed by atoms with Crippen molar-refractivity contribution in [2.24, 2.45) is 0 Å². The lowest BCUT2D eigenvalue weighted by Crippen LogP contribution is -2.47. The highest BCUT2D eigenvalue weighted by Crippen LogP contribution is 2.27. The van der Waals surface area contributed by atoms with Crippen LogP contribution in [0.3, 0.4) is 0 Å². The van der Waals surface area contributed by atoms with E-state index in [0.29, 0.717) is 16.5 Å². The number of carbonyl (C=O) groups excluding carboxylic acids is 1. The molecule has 2 rings (SSSR count). The van der Waals surface area contributed by atoms with Gasteiger partial charge in [-0.05, 0) is 68.3 Å². The van der Waals surface area contributed by atoms with E-state index in [1.54, 1.807) is 12.1 Å². The number of nitrogens with one attached hydrogen (secondary N) is 2. The molecule has 0 spiro atoms. The minimum atomic E-state index is -3.92. The van der Waals surface area contributed by atoms with Gasteiger partial charge in [-0.25, -0.2) is 8.42 Å². The lowest BCUT2D eigenvalue weighted by Gasteiger charge is -2.18. The maximum absolute atomic E-state index is 12.2. The Morgan fingerprint density at radius 2 is 1.67 bits per heavy atom. The van der Waals surface area contributed by atoms with Gasteiger partial charge in [0, 0.05) is 5.02 Å². The summed E-state index contributed by atoms with van der Waals surface area (Å²) in [4.78, 5) is 14.2. The van der Waals surface area contributed by atoms with Gasteiger partial charge in [0.2, 0.25) is 0 Å². The van der Waals surface area contributed by atoms with Crippen LogP contribution in [0, 0.1) is 13.8 Å². The Kier molecular flexibility index (Phi) is 6.69. The van der Waals surface area contributed by atoms with E-state index in [1.165, 1.54) is 38.3 Å². The molecule has 0 saturated heterocycles. The summed E-state index contributed by atoms with van der Waals surface area (Å²) in [6, 6.07) is 9.20. The topological polar surface area (TPSA) is 93.7 Å². The Morgan fingerprint density at radius 1 is 1.11 bits per heavy atom. The fraction of sp³-hybridized carbons (Fsp3) is 0.278. The minimum absolute atomic E-state index is 0.0124. The summed E-state index contributed by atoms with van der Waals surface area (Å²) in [5.41, 5.74) is 3.71. The molecule has 2 aromatic rings. The lowest BCUT2D eigenvalue weighted by atomic mass is 10.1. The Morgan fingerprint density at radius 3 is 2.19 bits per heavy atom. The van der Waals surface area contributed by atoms with E-state index >= 15 is 0 Å². The summed E-state index contributed by atoms with van der Waals surface area (Å²) in [6.07, 6.45) is -0.929. The van der Waals surface area contributed by atoms with Crippen molar-refractivity contribution in [3.8, 4) is 11.5 Å². The molecular weight excluding hydrogens is 392 g/mol. The molecule has 0 aliphatic heterocycles. The van der Waals surface area contributed by atoms with Gasteiger partial charge in [-0.3, -0.25) is 10.2 Å². The molecular formula is C18H21ClN2O5S. The second-order valence-electron chi connectivity index (χ2n) is 5.90. The molecule has 0 bridgehead atoms. The minimum Gasteiger partial charge on any atom is -0.497 e. The number of amides is 1. The summed E-state index contributed by atoms with van der Waals surface area (Å²) in [6.45, 7) is 5.14. The highest BCUT2D eigenvalue weighted by Gasteiger charge is 2.20. The van der Waals surface area contributed by atoms with Gasteiger partial charge in [0.1, 0.15) is 11.5 Å². The first kappa shape index (κ1) is 21.0. The van der Waals surface area contributed by atoms with Crippen molar-refractivity contribution in [3.05, 3.63) is 52.5 Å². The third kappa shape index (κ3) is 5.35. The Hall–Kier alpha value is -2.29. The quantitative estimate of drug-likeness (QED) is 0.682. The highest BCUT2D eigenvalue weighted by molar-refractivity contribution is 7.89. The predicted molar refractivity (Wildman–Crippen MR) is 102 cm³/mol.